The van der Waals surface area contributed by atoms with E-state index in [2.05, 4.69) is 49.9 Å². The molecule has 35 heavy (non-hydrogen) atoms. The van der Waals surface area contributed by atoms with Gasteiger partial charge in [-0.25, -0.2) is 4.99 Å². The highest BCUT2D eigenvalue weighted by molar-refractivity contribution is 6.02. The Balaban J connectivity index is 1.85. The number of hydrogen-bond donors (Lipinski definition) is 0. The first-order chi connectivity index (χ1) is 17.0. The summed E-state index contributed by atoms with van der Waals surface area (Å²) in [7, 11) is 0. The Kier molecular flexibility index (Phi) is 5.87. The maximum atomic E-state index is 9.50. The largest absolute Gasteiger partial charge is 0.454 e. The summed E-state index contributed by atoms with van der Waals surface area (Å²) in [4.78, 5) is 5.03. The number of benzene rings is 4. The molecule has 0 aliphatic carbocycles. The molecule has 0 aliphatic heterocycles. The Morgan fingerprint density at radius 2 is 1.60 bits per heavy atom. The lowest BCUT2D eigenvalue weighted by Crippen LogP contribution is -2.22. The molecule has 168 valence electrons. The van der Waals surface area contributed by atoms with E-state index in [0.29, 0.717) is 16.7 Å². The Morgan fingerprint density at radius 3 is 2.37 bits per heavy atom. The first kappa shape index (κ1) is 22.1. The number of rotatable bonds is 4. The minimum Gasteiger partial charge on any atom is -0.454 e. The van der Waals surface area contributed by atoms with Gasteiger partial charge in [-0.05, 0) is 48.7 Å². The second-order valence-electron chi connectivity index (χ2n) is 8.56. The molecule has 0 aliphatic rings. The van der Waals surface area contributed by atoms with Crippen molar-refractivity contribution in [2.45, 2.75) is 13.8 Å². The van der Waals surface area contributed by atoms with Crippen molar-refractivity contribution in [1.82, 2.24) is 0 Å². The van der Waals surface area contributed by atoms with Gasteiger partial charge in [0.15, 0.2) is 5.42 Å². The van der Waals surface area contributed by atoms with E-state index in [1.54, 1.807) is 6.07 Å². The minimum absolute atomic E-state index is 0.565. The van der Waals surface area contributed by atoms with Crippen LogP contribution in [0.15, 0.2) is 106 Å². The third kappa shape index (κ3) is 4.30. The molecule has 0 unspecified atom stereocenters. The average Bonchev–Trinajstić information content (AvgIpc) is 3.23. The quantitative estimate of drug-likeness (QED) is 0.298. The first-order valence-corrected chi connectivity index (χ1v) is 11.5. The van der Waals surface area contributed by atoms with E-state index in [0.717, 1.165) is 44.2 Å². The summed E-state index contributed by atoms with van der Waals surface area (Å²) in [5, 5.41) is 11.2. The number of fused-ring (bicyclic) bond motifs is 1. The molecule has 4 aromatic carbocycles. The first-order valence-electron chi connectivity index (χ1n) is 11.5. The molecule has 5 rings (SSSR count). The van der Waals surface area contributed by atoms with E-state index in [9.17, 15) is 5.26 Å². The van der Waals surface area contributed by atoms with Crippen LogP contribution in [-0.2, 0) is 0 Å². The van der Waals surface area contributed by atoms with Crippen LogP contribution < -0.4 is 10.6 Å². The fourth-order valence-electron chi connectivity index (χ4n) is 4.35. The van der Waals surface area contributed by atoms with Gasteiger partial charge in [0.1, 0.15) is 11.3 Å². The van der Waals surface area contributed by atoms with Gasteiger partial charge in [0.25, 0.3) is 0 Å². The molecule has 0 radical (unpaired) electrons. The van der Waals surface area contributed by atoms with Crippen molar-refractivity contribution in [3.8, 4) is 17.2 Å². The van der Waals surface area contributed by atoms with Crippen molar-refractivity contribution >= 4 is 29.0 Å². The van der Waals surface area contributed by atoms with Crippen LogP contribution in [-0.4, -0.2) is 5.71 Å². The van der Waals surface area contributed by atoms with Gasteiger partial charge in [0.2, 0.25) is 0 Å². The standard InChI is InChI=1S/C32H24N2O/c1-21-10-7-14-26(18-21)28-16-9-17-29-30(28)22(2)32(35-29)31(27-15-8-11-24(19-27)20-33)34-23(3)25-12-5-4-6-13-25/h4-19H,2H2,1,3H3/b32-31+,34-23?. The van der Waals surface area contributed by atoms with Crippen LogP contribution in [0.4, 0.5) is 0 Å². The highest BCUT2D eigenvalue weighted by atomic mass is 16.3. The van der Waals surface area contributed by atoms with Gasteiger partial charge < -0.3 is 4.42 Å². The number of furan rings is 1. The number of aliphatic imine (C=N–C) groups is 1. The molecule has 0 saturated heterocycles. The van der Waals surface area contributed by atoms with Crippen LogP contribution in [0.3, 0.4) is 0 Å². The normalized spacial score (nSPS) is 12.4. The maximum Gasteiger partial charge on any atom is 0.161 e. The summed E-state index contributed by atoms with van der Waals surface area (Å²) in [6.45, 7) is 8.50. The van der Waals surface area contributed by atoms with Gasteiger partial charge in [0.05, 0.1) is 11.6 Å². The van der Waals surface area contributed by atoms with Crippen LogP contribution in [0.5, 0.6) is 0 Å². The Labute approximate surface area is 204 Å². The number of aryl methyl sites for hydroxylation is 1. The van der Waals surface area contributed by atoms with Gasteiger partial charge in [-0.1, -0.05) is 91.0 Å². The molecule has 0 spiro atoms. The van der Waals surface area contributed by atoms with Crippen molar-refractivity contribution in [1.29, 1.82) is 5.26 Å². The molecule has 0 bridgehead atoms. The SMILES string of the molecule is C=c1/c(=C(\N=C(C)c2ccccc2)c2cccc(C#N)c2)oc2cccc(-c3cccc(C)c3)c12. The molecule has 0 atom stereocenters. The molecule has 3 nitrogen and oxygen atoms in total. The molecule has 1 aromatic heterocycles. The summed E-state index contributed by atoms with van der Waals surface area (Å²) < 4.78 is 6.43. The average molecular weight is 453 g/mol. The highest BCUT2D eigenvalue weighted by Gasteiger charge is 2.14. The van der Waals surface area contributed by atoms with E-state index >= 15 is 0 Å². The molecular formula is C32H24N2O. The van der Waals surface area contributed by atoms with Crippen LogP contribution in [0.25, 0.3) is 34.4 Å². The molecule has 0 N–H and O–H groups in total. The fraction of sp³-hybridized carbons (Fsp3) is 0.0625. The van der Waals surface area contributed by atoms with E-state index in [1.807, 2.05) is 67.6 Å². The van der Waals surface area contributed by atoms with E-state index in [4.69, 9.17) is 9.41 Å². The second-order valence-corrected chi connectivity index (χ2v) is 8.56. The van der Waals surface area contributed by atoms with Gasteiger partial charge in [-0.3, -0.25) is 0 Å². The lowest BCUT2D eigenvalue weighted by atomic mass is 9.99. The third-order valence-electron chi connectivity index (χ3n) is 6.09. The van der Waals surface area contributed by atoms with Crippen LogP contribution in [0.2, 0.25) is 0 Å². The topological polar surface area (TPSA) is 49.3 Å². The van der Waals surface area contributed by atoms with Gasteiger partial charge in [-0.2, -0.15) is 5.26 Å². The predicted octanol–water partition coefficient (Wildman–Crippen LogP) is 6.36. The summed E-state index contributed by atoms with van der Waals surface area (Å²) in [5.74, 6) is 0. The summed E-state index contributed by atoms with van der Waals surface area (Å²) in [6.07, 6.45) is 0. The second kappa shape index (κ2) is 9.29. The van der Waals surface area contributed by atoms with Crippen molar-refractivity contribution in [3.63, 3.8) is 0 Å². The lowest BCUT2D eigenvalue weighted by Gasteiger charge is -2.05. The van der Waals surface area contributed by atoms with Crippen LogP contribution in [0.1, 0.15) is 29.2 Å². The Bertz CT molecular complexity index is 1730. The van der Waals surface area contributed by atoms with Crippen molar-refractivity contribution < 1.29 is 4.42 Å². The molecule has 1 heterocycles. The molecule has 0 amide bonds. The zero-order valence-electron chi connectivity index (χ0n) is 19.7. The molecule has 0 fully saturated rings. The minimum atomic E-state index is 0.565. The lowest BCUT2D eigenvalue weighted by molar-refractivity contribution is 0.572. The maximum absolute atomic E-state index is 9.50. The summed E-state index contributed by atoms with van der Waals surface area (Å²) in [5.41, 5.74) is 8.62. The highest BCUT2D eigenvalue weighted by Crippen LogP contribution is 2.27. The number of nitrogens with zero attached hydrogens (tertiary/aromatic N) is 2. The third-order valence-corrected chi connectivity index (χ3v) is 6.09. The van der Waals surface area contributed by atoms with E-state index in [1.165, 1.54) is 5.56 Å². The number of hydrogen-bond acceptors (Lipinski definition) is 3. The van der Waals surface area contributed by atoms with E-state index < -0.39 is 0 Å². The Hall–Kier alpha value is -4.68. The van der Waals surface area contributed by atoms with Crippen LogP contribution >= 0.6 is 0 Å². The summed E-state index contributed by atoms with van der Waals surface area (Å²) in [6, 6.07) is 34.2. The van der Waals surface area contributed by atoms with Crippen molar-refractivity contribution in [2.24, 2.45) is 4.99 Å². The van der Waals surface area contributed by atoms with Crippen molar-refractivity contribution in [2.75, 3.05) is 0 Å². The van der Waals surface area contributed by atoms with Gasteiger partial charge in [-0.15, -0.1) is 0 Å². The summed E-state index contributed by atoms with van der Waals surface area (Å²) >= 11 is 0. The van der Waals surface area contributed by atoms with Gasteiger partial charge >= 0.3 is 0 Å². The molecule has 5 aromatic rings. The molecule has 0 saturated carbocycles. The van der Waals surface area contributed by atoms with Crippen LogP contribution in [0, 0.1) is 18.3 Å². The molecule has 3 heteroatoms. The number of nitriles is 1. The monoisotopic (exact) mass is 452 g/mol. The van der Waals surface area contributed by atoms with Crippen molar-refractivity contribution in [3.05, 3.63) is 130 Å². The Morgan fingerprint density at radius 1 is 0.857 bits per heavy atom. The van der Waals surface area contributed by atoms with Gasteiger partial charge in [0, 0.05) is 21.9 Å². The fourth-order valence-corrected chi connectivity index (χ4v) is 4.35. The molecular weight excluding hydrogens is 428 g/mol. The predicted molar refractivity (Wildman–Crippen MR) is 143 cm³/mol. The van der Waals surface area contributed by atoms with E-state index in [-0.39, 0.29) is 0 Å². The smallest absolute Gasteiger partial charge is 0.161 e. The zero-order valence-corrected chi connectivity index (χ0v) is 19.7. The zero-order chi connectivity index (χ0) is 24.4.